The van der Waals surface area contributed by atoms with E-state index in [4.69, 9.17) is 0 Å². The van der Waals surface area contributed by atoms with E-state index in [-0.39, 0.29) is 36.5 Å². The van der Waals surface area contributed by atoms with Gasteiger partial charge in [-0.3, -0.25) is 9.59 Å². The van der Waals surface area contributed by atoms with Crippen LogP contribution in [0, 0.1) is 12.7 Å². The lowest BCUT2D eigenvalue weighted by Crippen LogP contribution is -2.30. The fraction of sp³-hybridized carbons (Fsp3) is 0.190. The lowest BCUT2D eigenvalue weighted by Gasteiger charge is -2.11. The summed E-state index contributed by atoms with van der Waals surface area (Å²) in [6.45, 7) is 1.98. The van der Waals surface area contributed by atoms with Gasteiger partial charge < -0.3 is 10.2 Å². The molecule has 4 rings (SSSR count). The van der Waals surface area contributed by atoms with Crippen molar-refractivity contribution in [3.63, 3.8) is 0 Å². The van der Waals surface area contributed by atoms with Crippen molar-refractivity contribution in [3.05, 3.63) is 71.2 Å². The average molecular weight is 504 g/mol. The maximum atomic E-state index is 14.1. The van der Waals surface area contributed by atoms with Gasteiger partial charge >= 0.3 is 0 Å². The minimum Gasteiger partial charge on any atom is -0.337 e. The zero-order valence-corrected chi connectivity index (χ0v) is 17.8. The quantitative estimate of drug-likeness (QED) is 0.438. The normalized spacial score (nSPS) is 13.6. The van der Waals surface area contributed by atoms with Crippen LogP contribution in [-0.2, 0) is 9.22 Å². The van der Waals surface area contributed by atoms with Gasteiger partial charge in [0.1, 0.15) is 12.4 Å². The van der Waals surface area contributed by atoms with Crippen LogP contribution in [0.5, 0.6) is 0 Å². The van der Waals surface area contributed by atoms with Crippen molar-refractivity contribution < 1.29 is 14.0 Å². The number of rotatable bonds is 4. The SMILES string of the molecule is Cc1cc(F)cc(-c2cc(C(=O)N3CNC(=O)C3)nn2-c2cccc(CI)c2)c1. The fourth-order valence-electron chi connectivity index (χ4n) is 3.32. The summed E-state index contributed by atoms with van der Waals surface area (Å²) >= 11 is 2.28. The predicted octanol–water partition coefficient (Wildman–Crippen LogP) is 3.45. The molecule has 0 saturated carbocycles. The van der Waals surface area contributed by atoms with Gasteiger partial charge in [0, 0.05) is 9.99 Å². The summed E-state index contributed by atoms with van der Waals surface area (Å²) in [5.74, 6) is -0.897. The van der Waals surface area contributed by atoms with E-state index in [0.29, 0.717) is 11.3 Å². The number of aryl methyl sites for hydroxylation is 1. The summed E-state index contributed by atoms with van der Waals surface area (Å²) in [6.07, 6.45) is 0. The van der Waals surface area contributed by atoms with Gasteiger partial charge in [0.25, 0.3) is 5.91 Å². The summed E-state index contributed by atoms with van der Waals surface area (Å²) in [6, 6.07) is 14.2. The number of hydrogen-bond donors (Lipinski definition) is 1. The van der Waals surface area contributed by atoms with Crippen LogP contribution in [0.3, 0.4) is 0 Å². The number of alkyl halides is 1. The molecule has 1 fully saturated rings. The molecular formula is C21H18FIN4O2. The summed E-state index contributed by atoms with van der Waals surface area (Å²) in [5.41, 5.74) is 4.12. The molecule has 2 aromatic carbocycles. The number of benzene rings is 2. The minimum absolute atomic E-state index is 0.00439. The van der Waals surface area contributed by atoms with Crippen LogP contribution in [0.15, 0.2) is 48.5 Å². The largest absolute Gasteiger partial charge is 0.337 e. The van der Waals surface area contributed by atoms with Gasteiger partial charge in [0.2, 0.25) is 5.91 Å². The predicted molar refractivity (Wildman–Crippen MR) is 115 cm³/mol. The molecule has 1 saturated heterocycles. The van der Waals surface area contributed by atoms with E-state index in [1.54, 1.807) is 10.7 Å². The Morgan fingerprint density at radius 2 is 2.07 bits per heavy atom. The van der Waals surface area contributed by atoms with E-state index in [2.05, 4.69) is 33.0 Å². The Morgan fingerprint density at radius 3 is 2.76 bits per heavy atom. The van der Waals surface area contributed by atoms with Crippen molar-refractivity contribution in [1.29, 1.82) is 0 Å². The molecule has 148 valence electrons. The van der Waals surface area contributed by atoms with Crippen molar-refractivity contribution >= 4 is 34.4 Å². The Labute approximate surface area is 180 Å². The Balaban J connectivity index is 1.84. The van der Waals surface area contributed by atoms with Crippen molar-refractivity contribution in [3.8, 4) is 16.9 Å². The standard InChI is InChI=1S/C21H18FIN4O2/c1-13-5-15(8-16(22)6-13)19-9-18(21(29)26-11-20(28)24-12-26)25-27(19)17-4-2-3-14(7-17)10-23/h2-9H,10-12H2,1H3,(H,24,28). The molecular weight excluding hydrogens is 486 g/mol. The molecule has 0 spiro atoms. The van der Waals surface area contributed by atoms with E-state index in [9.17, 15) is 14.0 Å². The molecule has 6 nitrogen and oxygen atoms in total. The average Bonchev–Trinajstić information content (AvgIpc) is 3.33. The van der Waals surface area contributed by atoms with E-state index in [0.717, 1.165) is 21.2 Å². The Bertz CT molecular complexity index is 1090. The molecule has 0 bridgehead atoms. The third-order valence-electron chi connectivity index (χ3n) is 4.66. The van der Waals surface area contributed by atoms with E-state index in [1.165, 1.54) is 17.0 Å². The highest BCUT2D eigenvalue weighted by atomic mass is 127. The number of nitrogens with one attached hydrogen (secondary N) is 1. The Kier molecular flexibility index (Phi) is 5.35. The number of hydrogen-bond acceptors (Lipinski definition) is 3. The van der Waals surface area contributed by atoms with Crippen LogP contribution in [0.2, 0.25) is 0 Å². The number of nitrogens with zero attached hydrogens (tertiary/aromatic N) is 3. The van der Waals surface area contributed by atoms with Crippen LogP contribution in [-0.4, -0.2) is 39.7 Å². The fourth-order valence-corrected chi connectivity index (χ4v) is 3.79. The molecule has 1 aliphatic rings. The molecule has 1 aliphatic heterocycles. The first-order chi connectivity index (χ1) is 13.9. The van der Waals surface area contributed by atoms with Gasteiger partial charge in [-0.15, -0.1) is 0 Å². The second-order valence-corrected chi connectivity index (χ2v) is 7.67. The molecule has 0 unspecified atom stereocenters. The number of halogens is 2. The van der Waals surface area contributed by atoms with Crippen LogP contribution >= 0.6 is 22.6 Å². The monoisotopic (exact) mass is 504 g/mol. The first kappa shape index (κ1) is 19.6. The summed E-state index contributed by atoms with van der Waals surface area (Å²) in [4.78, 5) is 25.7. The minimum atomic E-state index is -0.351. The van der Waals surface area contributed by atoms with Crippen molar-refractivity contribution in [2.75, 3.05) is 13.2 Å². The van der Waals surface area contributed by atoms with Gasteiger partial charge in [-0.25, -0.2) is 9.07 Å². The summed E-state index contributed by atoms with van der Waals surface area (Å²) in [7, 11) is 0. The zero-order valence-electron chi connectivity index (χ0n) is 15.7. The van der Waals surface area contributed by atoms with Crippen LogP contribution in [0.1, 0.15) is 21.6 Å². The Hall–Kier alpha value is -2.75. The highest BCUT2D eigenvalue weighted by Gasteiger charge is 2.27. The molecule has 0 radical (unpaired) electrons. The molecule has 3 aromatic rings. The molecule has 1 aromatic heterocycles. The number of amides is 2. The Morgan fingerprint density at radius 1 is 1.24 bits per heavy atom. The van der Waals surface area contributed by atoms with Gasteiger partial charge in [0.05, 0.1) is 18.1 Å². The van der Waals surface area contributed by atoms with Crippen LogP contribution in [0.25, 0.3) is 16.9 Å². The van der Waals surface area contributed by atoms with E-state index < -0.39 is 0 Å². The molecule has 29 heavy (non-hydrogen) atoms. The number of carbonyl (C=O) groups is 2. The summed E-state index contributed by atoms with van der Waals surface area (Å²) < 4.78 is 16.6. The first-order valence-corrected chi connectivity index (χ1v) is 10.6. The first-order valence-electron chi connectivity index (χ1n) is 9.03. The third kappa shape index (κ3) is 4.02. The highest BCUT2D eigenvalue weighted by Crippen LogP contribution is 2.27. The van der Waals surface area contributed by atoms with E-state index in [1.807, 2.05) is 37.3 Å². The maximum absolute atomic E-state index is 14.1. The third-order valence-corrected chi connectivity index (χ3v) is 5.55. The topological polar surface area (TPSA) is 67.2 Å². The lowest BCUT2D eigenvalue weighted by atomic mass is 10.1. The highest BCUT2D eigenvalue weighted by molar-refractivity contribution is 14.1. The molecule has 8 heteroatoms. The van der Waals surface area contributed by atoms with Crippen LogP contribution in [0.4, 0.5) is 4.39 Å². The molecule has 1 N–H and O–H groups in total. The molecule has 2 amide bonds. The lowest BCUT2D eigenvalue weighted by molar-refractivity contribution is -0.118. The van der Waals surface area contributed by atoms with Gasteiger partial charge in [-0.2, -0.15) is 5.10 Å². The van der Waals surface area contributed by atoms with Crippen molar-refractivity contribution in [1.82, 2.24) is 20.0 Å². The van der Waals surface area contributed by atoms with E-state index >= 15 is 0 Å². The smallest absolute Gasteiger partial charge is 0.276 e. The van der Waals surface area contributed by atoms with Crippen LogP contribution < -0.4 is 5.32 Å². The number of aromatic nitrogens is 2. The van der Waals surface area contributed by atoms with Gasteiger partial charge in [-0.05, 0) is 54.4 Å². The molecule has 2 heterocycles. The van der Waals surface area contributed by atoms with Gasteiger partial charge in [-0.1, -0.05) is 34.7 Å². The number of carbonyl (C=O) groups excluding carboxylic acids is 2. The maximum Gasteiger partial charge on any atom is 0.276 e. The summed E-state index contributed by atoms with van der Waals surface area (Å²) in [5, 5.41) is 7.14. The second kappa shape index (κ2) is 7.94. The second-order valence-electron chi connectivity index (χ2n) is 6.91. The molecule has 0 aliphatic carbocycles. The van der Waals surface area contributed by atoms with Crippen molar-refractivity contribution in [2.24, 2.45) is 0 Å². The van der Waals surface area contributed by atoms with Crippen molar-refractivity contribution in [2.45, 2.75) is 11.4 Å². The van der Waals surface area contributed by atoms with Gasteiger partial charge in [0.15, 0.2) is 5.69 Å². The zero-order chi connectivity index (χ0) is 20.5. The molecule has 0 atom stereocenters.